The van der Waals surface area contributed by atoms with Gasteiger partial charge in [-0.1, -0.05) is 17.4 Å². The molecule has 0 amide bonds. The van der Waals surface area contributed by atoms with Crippen molar-refractivity contribution < 1.29 is 0 Å². The normalized spacial score (nSPS) is 11.1. The second-order valence-corrected chi connectivity index (χ2v) is 6.00. The lowest BCUT2D eigenvalue weighted by Crippen LogP contribution is -2.21. The summed E-state index contributed by atoms with van der Waals surface area (Å²) in [5.74, 6) is 0. The van der Waals surface area contributed by atoms with E-state index >= 15 is 0 Å². The molecule has 0 radical (unpaired) electrons. The fraction of sp³-hybridized carbons (Fsp3) is 0.111. The van der Waals surface area contributed by atoms with Crippen LogP contribution in [0.25, 0.3) is 4.96 Å². The molecule has 8 heteroatoms. The molecule has 0 spiro atoms. The molecule has 1 N–H and O–H groups in total. The zero-order valence-corrected chi connectivity index (χ0v) is 10.9. The van der Waals surface area contributed by atoms with Gasteiger partial charge in [-0.05, 0) is 23.7 Å². The summed E-state index contributed by atoms with van der Waals surface area (Å²) >= 11 is 7.80. The van der Waals surface area contributed by atoms with Gasteiger partial charge in [0, 0.05) is 11.3 Å². The Labute approximate surface area is 108 Å². The van der Waals surface area contributed by atoms with Gasteiger partial charge in [0.2, 0.25) is 4.96 Å². The van der Waals surface area contributed by atoms with Gasteiger partial charge >= 0.3 is 0 Å². The fourth-order valence-electron chi connectivity index (χ4n) is 1.46. The summed E-state index contributed by atoms with van der Waals surface area (Å²) < 4.78 is 1.87. The average Bonchev–Trinajstić information content (AvgIpc) is 2.91. The number of aromatic nitrogens is 4. The Morgan fingerprint density at radius 3 is 3.12 bits per heavy atom. The van der Waals surface area contributed by atoms with E-state index in [1.165, 1.54) is 15.9 Å². The molecule has 3 aromatic heterocycles. The molecule has 0 aliphatic carbocycles. The van der Waals surface area contributed by atoms with Crippen molar-refractivity contribution in [2.45, 2.75) is 6.42 Å². The first-order chi connectivity index (χ1) is 8.24. The van der Waals surface area contributed by atoms with Gasteiger partial charge in [0.05, 0.1) is 0 Å². The predicted molar refractivity (Wildman–Crippen MR) is 69.4 cm³/mol. The molecular weight excluding hydrogens is 276 g/mol. The van der Waals surface area contributed by atoms with Crippen LogP contribution < -0.4 is 5.56 Å². The van der Waals surface area contributed by atoms with Crippen LogP contribution in [0.3, 0.4) is 0 Å². The van der Waals surface area contributed by atoms with Crippen molar-refractivity contribution in [3.63, 3.8) is 0 Å². The Hall–Kier alpha value is -1.38. The first kappa shape index (κ1) is 10.8. The molecule has 0 aliphatic heterocycles. The summed E-state index contributed by atoms with van der Waals surface area (Å²) in [5.41, 5.74) is 0.241. The van der Waals surface area contributed by atoms with Crippen LogP contribution in [0.1, 0.15) is 10.6 Å². The number of nitrogens with one attached hydrogen (secondary N) is 1. The van der Waals surface area contributed by atoms with E-state index < -0.39 is 0 Å². The third-order valence-corrected chi connectivity index (χ3v) is 4.15. The highest BCUT2D eigenvalue weighted by molar-refractivity contribution is 7.73. The van der Waals surface area contributed by atoms with Crippen molar-refractivity contribution >= 4 is 39.9 Å². The van der Waals surface area contributed by atoms with Crippen molar-refractivity contribution in [1.29, 1.82) is 0 Å². The molecular formula is C9H6N4OS3. The Morgan fingerprint density at radius 1 is 1.47 bits per heavy atom. The van der Waals surface area contributed by atoms with Gasteiger partial charge in [0.15, 0.2) is 3.95 Å². The molecule has 0 aliphatic rings. The van der Waals surface area contributed by atoms with E-state index in [4.69, 9.17) is 12.2 Å². The lowest BCUT2D eigenvalue weighted by atomic mass is 10.3. The van der Waals surface area contributed by atoms with E-state index in [9.17, 15) is 4.79 Å². The number of nitrogens with zero attached hydrogens (tertiary/aromatic N) is 3. The minimum Gasteiger partial charge on any atom is -0.270 e. The van der Waals surface area contributed by atoms with Crippen LogP contribution in [0.4, 0.5) is 0 Å². The van der Waals surface area contributed by atoms with Crippen LogP contribution in [0.2, 0.25) is 0 Å². The van der Waals surface area contributed by atoms with Crippen LogP contribution >= 0.6 is 34.9 Å². The number of fused-ring (bicyclic) bond motifs is 1. The Morgan fingerprint density at radius 2 is 2.35 bits per heavy atom. The highest BCUT2D eigenvalue weighted by Crippen LogP contribution is 2.12. The SMILES string of the molecule is O=c1c(Cc2cccs2)nnc2sc(=S)[nH]n12. The molecule has 0 atom stereocenters. The van der Waals surface area contributed by atoms with Gasteiger partial charge in [-0.25, -0.2) is 0 Å². The minimum absolute atomic E-state index is 0.184. The molecule has 3 rings (SSSR count). The van der Waals surface area contributed by atoms with E-state index in [1.54, 1.807) is 11.3 Å². The number of aromatic amines is 1. The maximum atomic E-state index is 12.1. The van der Waals surface area contributed by atoms with Gasteiger partial charge in [0.1, 0.15) is 5.69 Å². The van der Waals surface area contributed by atoms with Crippen molar-refractivity contribution in [2.75, 3.05) is 0 Å². The third kappa shape index (κ3) is 1.94. The molecule has 0 saturated heterocycles. The van der Waals surface area contributed by atoms with E-state index in [0.717, 1.165) is 4.88 Å². The molecule has 0 unspecified atom stereocenters. The summed E-state index contributed by atoms with van der Waals surface area (Å²) in [5, 5.41) is 12.7. The molecule has 3 heterocycles. The highest BCUT2D eigenvalue weighted by atomic mass is 32.1. The summed E-state index contributed by atoms with van der Waals surface area (Å²) in [6, 6.07) is 3.91. The minimum atomic E-state index is -0.184. The fourth-order valence-corrected chi connectivity index (χ4v) is 3.09. The Bertz CT molecular complexity index is 767. The first-order valence-electron chi connectivity index (χ1n) is 4.74. The van der Waals surface area contributed by atoms with E-state index in [0.29, 0.717) is 21.0 Å². The standard InChI is InChI=1S/C9H6N4OS3/c14-7-6(4-5-2-1-3-16-5)10-11-8-13(7)12-9(15)17-8/h1-3H,4H2,(H,12,15). The van der Waals surface area contributed by atoms with Crippen LogP contribution in [-0.4, -0.2) is 19.8 Å². The molecule has 0 saturated carbocycles. The maximum absolute atomic E-state index is 12.1. The monoisotopic (exact) mass is 282 g/mol. The van der Waals surface area contributed by atoms with Crippen LogP contribution in [0, 0.1) is 3.95 Å². The van der Waals surface area contributed by atoms with Crippen LogP contribution in [-0.2, 0) is 6.42 Å². The van der Waals surface area contributed by atoms with E-state index in [-0.39, 0.29) is 5.56 Å². The van der Waals surface area contributed by atoms with E-state index in [1.807, 2.05) is 17.5 Å². The number of H-pyrrole nitrogens is 1. The smallest absolute Gasteiger partial charge is 0.270 e. The number of hydrogen-bond acceptors (Lipinski definition) is 6. The Balaban J connectivity index is 2.14. The largest absolute Gasteiger partial charge is 0.295 e. The van der Waals surface area contributed by atoms with Crippen molar-refractivity contribution in [3.05, 3.63) is 42.4 Å². The lowest BCUT2D eigenvalue weighted by Gasteiger charge is -1.96. The highest BCUT2D eigenvalue weighted by Gasteiger charge is 2.09. The van der Waals surface area contributed by atoms with Gasteiger partial charge in [-0.15, -0.1) is 21.5 Å². The molecule has 0 fully saturated rings. The summed E-state index contributed by atoms with van der Waals surface area (Å²) in [6.07, 6.45) is 0.503. The zero-order chi connectivity index (χ0) is 11.8. The second kappa shape index (κ2) is 4.13. The van der Waals surface area contributed by atoms with Crippen molar-refractivity contribution in [2.24, 2.45) is 0 Å². The van der Waals surface area contributed by atoms with Crippen molar-refractivity contribution in [1.82, 2.24) is 19.8 Å². The number of thiophene rings is 1. The summed E-state index contributed by atoms with van der Waals surface area (Å²) in [4.78, 5) is 13.6. The van der Waals surface area contributed by atoms with Gasteiger partial charge in [-0.2, -0.15) is 4.52 Å². The lowest BCUT2D eigenvalue weighted by molar-refractivity contribution is 0.808. The summed E-state index contributed by atoms with van der Waals surface area (Å²) in [7, 11) is 0. The predicted octanol–water partition coefficient (Wildman–Crippen LogP) is 1.86. The number of hydrogen-bond donors (Lipinski definition) is 1. The van der Waals surface area contributed by atoms with Crippen LogP contribution in [0.15, 0.2) is 22.3 Å². The molecule has 5 nitrogen and oxygen atoms in total. The van der Waals surface area contributed by atoms with Crippen LogP contribution in [0.5, 0.6) is 0 Å². The summed E-state index contributed by atoms with van der Waals surface area (Å²) in [6.45, 7) is 0. The molecule has 3 aromatic rings. The molecule has 86 valence electrons. The van der Waals surface area contributed by atoms with E-state index in [2.05, 4.69) is 15.3 Å². The molecule has 17 heavy (non-hydrogen) atoms. The number of rotatable bonds is 2. The quantitative estimate of drug-likeness (QED) is 0.729. The van der Waals surface area contributed by atoms with Gasteiger partial charge in [0.25, 0.3) is 5.56 Å². The van der Waals surface area contributed by atoms with Crippen molar-refractivity contribution in [3.8, 4) is 0 Å². The topological polar surface area (TPSA) is 63.0 Å². The maximum Gasteiger partial charge on any atom is 0.295 e. The first-order valence-corrected chi connectivity index (χ1v) is 6.84. The molecule has 0 aromatic carbocycles. The van der Waals surface area contributed by atoms with Gasteiger partial charge < -0.3 is 0 Å². The molecule has 0 bridgehead atoms. The van der Waals surface area contributed by atoms with Gasteiger partial charge in [-0.3, -0.25) is 9.89 Å². The third-order valence-electron chi connectivity index (χ3n) is 2.21. The second-order valence-electron chi connectivity index (χ2n) is 3.33. The average molecular weight is 282 g/mol. The Kier molecular flexibility index (Phi) is 2.61. The zero-order valence-electron chi connectivity index (χ0n) is 8.41.